The van der Waals surface area contributed by atoms with Crippen molar-refractivity contribution in [3.8, 4) is 11.8 Å². The number of halogens is 2. The third-order valence-electron chi connectivity index (χ3n) is 5.12. The van der Waals surface area contributed by atoms with Gasteiger partial charge < -0.3 is 4.74 Å². The van der Waals surface area contributed by atoms with Crippen molar-refractivity contribution in [2.45, 2.75) is 33.2 Å². The smallest absolute Gasteiger partial charge is 0.271 e. The molecule has 8 heteroatoms. The first-order valence-corrected chi connectivity index (χ1v) is 9.46. The van der Waals surface area contributed by atoms with Gasteiger partial charge in [-0.25, -0.2) is 14.4 Å². The van der Waals surface area contributed by atoms with Crippen LogP contribution in [0.1, 0.15) is 43.1 Å². The van der Waals surface area contributed by atoms with Gasteiger partial charge in [0.25, 0.3) is 5.91 Å². The van der Waals surface area contributed by atoms with Gasteiger partial charge in [-0.3, -0.25) is 4.79 Å². The number of hydrogen-bond donors (Lipinski definition) is 0. The maximum Gasteiger partial charge on any atom is 0.271 e. The van der Waals surface area contributed by atoms with E-state index in [4.69, 9.17) is 33.4 Å². The second-order valence-electron chi connectivity index (χ2n) is 8.01. The third-order valence-corrected chi connectivity index (χ3v) is 5.78. The average molecular weight is 419 g/mol. The summed E-state index contributed by atoms with van der Waals surface area (Å²) in [5.41, 5.74) is 0.206. The quantitative estimate of drug-likeness (QED) is 0.668. The van der Waals surface area contributed by atoms with Crippen LogP contribution in [0, 0.1) is 22.2 Å². The fourth-order valence-electron chi connectivity index (χ4n) is 4.33. The number of nitrogens with zero attached hydrogens (tertiary/aromatic N) is 4. The molecule has 1 heterocycles. The molecule has 3 rings (SSSR count). The van der Waals surface area contributed by atoms with Crippen molar-refractivity contribution in [3.63, 3.8) is 0 Å². The van der Waals surface area contributed by atoms with E-state index in [-0.39, 0.29) is 22.8 Å². The molecule has 1 saturated carbocycles. The molecule has 1 aliphatic rings. The van der Waals surface area contributed by atoms with Crippen molar-refractivity contribution < 1.29 is 9.53 Å². The van der Waals surface area contributed by atoms with Gasteiger partial charge in [-0.05, 0) is 24.0 Å². The monoisotopic (exact) mass is 418 g/mol. The first-order chi connectivity index (χ1) is 13.2. The summed E-state index contributed by atoms with van der Waals surface area (Å²) in [7, 11) is 0. The largest absolute Gasteiger partial charge is 0.493 e. The molecule has 1 fully saturated rings. The highest BCUT2D eigenvalue weighted by molar-refractivity contribution is 6.31. The molecule has 2 aromatic rings. The number of rotatable bonds is 5. The summed E-state index contributed by atoms with van der Waals surface area (Å²) >= 11 is 12.6. The Hall–Kier alpha value is -2.36. The summed E-state index contributed by atoms with van der Waals surface area (Å²) in [6.45, 7) is 6.54. The minimum absolute atomic E-state index is 0.173. The number of ether oxygens (including phenoxy) is 1. The van der Waals surface area contributed by atoms with Crippen LogP contribution in [0.2, 0.25) is 5.02 Å². The van der Waals surface area contributed by atoms with E-state index in [2.05, 4.69) is 23.8 Å². The number of amides is 1. The van der Waals surface area contributed by atoms with Crippen LogP contribution in [0.5, 0.6) is 5.75 Å². The van der Waals surface area contributed by atoms with Crippen LogP contribution in [0.4, 0.5) is 0 Å². The van der Waals surface area contributed by atoms with Gasteiger partial charge in [0.05, 0.1) is 28.8 Å². The molecular weight excluding hydrogens is 399 g/mol. The minimum Gasteiger partial charge on any atom is -0.493 e. The molecule has 2 atom stereocenters. The zero-order valence-corrected chi connectivity index (χ0v) is 17.3. The molecule has 1 amide bonds. The standard InChI is InChI=1S/C20H20Cl2N4O2/c1-19(2)10-20(3,11-28-15-5-4-13(7-23)16(21)6-15)18(19)26(22)17(27)14-8-24-12-25-9-14/h4-6,8-9,12,18H,10-11H2,1-3H3/t18-,20+/m1/s1. The summed E-state index contributed by atoms with van der Waals surface area (Å²) in [5, 5.41) is 9.32. The average Bonchev–Trinajstić information content (AvgIpc) is 2.65. The molecule has 0 radical (unpaired) electrons. The SMILES string of the molecule is CC1(C)C[C@@](C)(COc2ccc(C#N)c(Cl)c2)[C@@H]1N(Cl)C(=O)c1cncnc1. The van der Waals surface area contributed by atoms with E-state index in [1.807, 2.05) is 13.0 Å². The summed E-state index contributed by atoms with van der Waals surface area (Å²) in [5.74, 6) is 0.227. The Morgan fingerprint density at radius 2 is 2.04 bits per heavy atom. The number of carbonyl (C=O) groups excluding carboxylic acids is 1. The van der Waals surface area contributed by atoms with Crippen LogP contribution in [-0.2, 0) is 0 Å². The molecular formula is C20H20Cl2N4O2. The molecule has 1 aromatic carbocycles. The van der Waals surface area contributed by atoms with Gasteiger partial charge in [0.15, 0.2) is 0 Å². The number of carbonyl (C=O) groups is 1. The summed E-state index contributed by atoms with van der Waals surface area (Å²) < 4.78 is 7.18. The van der Waals surface area contributed by atoms with Crippen molar-refractivity contribution >= 4 is 29.3 Å². The van der Waals surface area contributed by atoms with Crippen molar-refractivity contribution in [2.24, 2.45) is 10.8 Å². The predicted octanol–water partition coefficient (Wildman–Crippen LogP) is 4.48. The molecule has 0 bridgehead atoms. The number of hydrogen-bond acceptors (Lipinski definition) is 5. The number of benzene rings is 1. The van der Waals surface area contributed by atoms with E-state index >= 15 is 0 Å². The van der Waals surface area contributed by atoms with Crippen LogP contribution >= 0.6 is 23.4 Å². The van der Waals surface area contributed by atoms with E-state index in [0.29, 0.717) is 28.5 Å². The van der Waals surface area contributed by atoms with Gasteiger partial charge >= 0.3 is 0 Å². The topological polar surface area (TPSA) is 79.1 Å². The summed E-state index contributed by atoms with van der Waals surface area (Å²) in [6.07, 6.45) is 5.09. The first kappa shape index (κ1) is 20.4. The highest BCUT2D eigenvalue weighted by Gasteiger charge is 2.60. The maximum atomic E-state index is 12.8. The molecule has 0 spiro atoms. The van der Waals surface area contributed by atoms with E-state index in [1.165, 1.54) is 23.1 Å². The van der Waals surface area contributed by atoms with E-state index in [0.717, 1.165) is 6.42 Å². The zero-order chi connectivity index (χ0) is 20.5. The number of aromatic nitrogens is 2. The van der Waals surface area contributed by atoms with Crippen LogP contribution in [-0.4, -0.2) is 32.9 Å². The van der Waals surface area contributed by atoms with Gasteiger partial charge in [-0.1, -0.05) is 32.4 Å². The van der Waals surface area contributed by atoms with Gasteiger partial charge in [0.1, 0.15) is 18.1 Å². The summed E-state index contributed by atoms with van der Waals surface area (Å²) in [4.78, 5) is 20.5. The third kappa shape index (κ3) is 3.78. The van der Waals surface area contributed by atoms with E-state index in [9.17, 15) is 4.79 Å². The van der Waals surface area contributed by atoms with Gasteiger partial charge in [0, 0.05) is 35.7 Å². The van der Waals surface area contributed by atoms with Crippen LogP contribution in [0.3, 0.4) is 0 Å². The molecule has 0 unspecified atom stereocenters. The summed E-state index contributed by atoms with van der Waals surface area (Å²) in [6, 6.07) is 6.72. The lowest BCUT2D eigenvalue weighted by atomic mass is 9.51. The van der Waals surface area contributed by atoms with Crippen molar-refractivity contribution in [3.05, 3.63) is 53.1 Å². The van der Waals surface area contributed by atoms with E-state index < -0.39 is 0 Å². The Morgan fingerprint density at radius 3 is 2.61 bits per heavy atom. The second kappa shape index (κ2) is 7.57. The fraction of sp³-hybridized carbons (Fsp3) is 0.400. The lowest BCUT2D eigenvalue weighted by molar-refractivity contribution is -0.105. The minimum atomic E-state index is -0.350. The van der Waals surface area contributed by atoms with Crippen LogP contribution in [0.15, 0.2) is 36.9 Å². The molecule has 28 heavy (non-hydrogen) atoms. The second-order valence-corrected chi connectivity index (χ2v) is 8.78. The predicted molar refractivity (Wildman–Crippen MR) is 106 cm³/mol. The Bertz CT molecular complexity index is 930. The molecule has 0 saturated heterocycles. The van der Waals surface area contributed by atoms with Crippen molar-refractivity contribution in [1.82, 2.24) is 14.4 Å². The maximum absolute atomic E-state index is 12.8. The Morgan fingerprint density at radius 1 is 1.36 bits per heavy atom. The zero-order valence-electron chi connectivity index (χ0n) is 15.8. The van der Waals surface area contributed by atoms with Gasteiger partial charge in [-0.2, -0.15) is 5.26 Å². The molecule has 1 aliphatic carbocycles. The van der Waals surface area contributed by atoms with Crippen molar-refractivity contribution in [1.29, 1.82) is 5.26 Å². The molecule has 146 valence electrons. The van der Waals surface area contributed by atoms with Crippen LogP contribution < -0.4 is 4.74 Å². The van der Waals surface area contributed by atoms with Crippen LogP contribution in [0.25, 0.3) is 0 Å². The number of nitriles is 1. The molecule has 0 N–H and O–H groups in total. The highest BCUT2D eigenvalue weighted by Crippen LogP contribution is 2.57. The lowest BCUT2D eigenvalue weighted by Gasteiger charge is -2.60. The highest BCUT2D eigenvalue weighted by atomic mass is 35.5. The normalized spacial score (nSPS) is 22.6. The molecule has 0 aliphatic heterocycles. The van der Waals surface area contributed by atoms with Crippen molar-refractivity contribution in [2.75, 3.05) is 6.61 Å². The van der Waals surface area contributed by atoms with Gasteiger partial charge in [0.2, 0.25) is 0 Å². The van der Waals surface area contributed by atoms with E-state index in [1.54, 1.807) is 18.2 Å². The molecule has 6 nitrogen and oxygen atoms in total. The Balaban J connectivity index is 1.76. The van der Waals surface area contributed by atoms with Gasteiger partial charge in [-0.15, -0.1) is 0 Å². The first-order valence-electron chi connectivity index (χ1n) is 8.75. The molecule has 1 aromatic heterocycles. The fourth-order valence-corrected chi connectivity index (χ4v) is 5.14. The Labute approximate surface area is 174 Å². The Kier molecular flexibility index (Phi) is 5.51. The lowest BCUT2D eigenvalue weighted by Crippen LogP contribution is -2.65.